The number of hydrogen-bond acceptors (Lipinski definition) is 11. The first-order valence-electron chi connectivity index (χ1n) is 40.0. The predicted octanol–water partition coefficient (Wildman–Crippen LogP) is 28.2. The minimum Gasteiger partial charge on any atom is -0.294 e. The lowest BCUT2D eigenvalue weighted by molar-refractivity contribution is 1.08. The normalized spacial score (nSPS) is 12.0. The van der Waals surface area contributed by atoms with Crippen LogP contribution in [0.4, 0.5) is 0 Å². The summed E-state index contributed by atoms with van der Waals surface area (Å²) in [4.78, 5) is 40.5. The van der Waals surface area contributed by atoms with Gasteiger partial charge in [0.15, 0.2) is 0 Å². The highest BCUT2D eigenvalue weighted by molar-refractivity contribution is 7.28. The monoisotopic (exact) mass is 1580 g/mol. The van der Waals surface area contributed by atoms with E-state index in [1.54, 1.807) is 0 Å². The fraction of sp³-hybridized carbons (Fsp3) is 0. The standard InChI is InChI=1S/C106H61N11S3/c1-2-20-68(85-29-5-9-49-108-85)67(19-1)63-42-46-95-80(56-63)81-60-66(62-39-43-91-79(55-62)83-61-107-53-47-93(83)116(91)98-37-7-11-51-110-98)59-77(106(81)118-95)64-40-44-92-82(57-64)101-94(117(92)99-38-8-12-52-111-99)48-54-112-102(101)75-27-16-35-96-100(75)76-28-15-25-73(105(76)119-96)71-23-13-22-70-72-24-14-26-74(104(72)120-103(70)71)86-31-18-33-88(114-86)87-32-17-30-84(113-87)65-41-45-90-78(58-65)69-21-3-4-34-89(69)115(90)97-36-6-10-50-109-97/h1-61H. The van der Waals surface area contributed by atoms with Gasteiger partial charge in [-0.2, -0.15) is 0 Å². The van der Waals surface area contributed by atoms with Gasteiger partial charge in [0.05, 0.1) is 67.3 Å². The van der Waals surface area contributed by atoms with Crippen molar-refractivity contribution in [2.24, 2.45) is 0 Å². The summed E-state index contributed by atoms with van der Waals surface area (Å²) in [6, 6.07) is 118. The van der Waals surface area contributed by atoms with Crippen molar-refractivity contribution in [3.8, 4) is 118 Å². The molecule has 120 heavy (non-hydrogen) atoms. The molecule has 0 aliphatic carbocycles. The fourth-order valence-corrected chi connectivity index (χ4v) is 22.4. The topological polar surface area (TPSA) is 118 Å². The van der Waals surface area contributed by atoms with Crippen LogP contribution in [0.25, 0.3) is 244 Å². The molecule has 0 bridgehead atoms. The molecule has 25 rings (SSSR count). The molecule has 558 valence electrons. The molecule has 0 saturated heterocycles. The minimum absolute atomic E-state index is 0.808. The summed E-state index contributed by atoms with van der Waals surface area (Å²) < 4.78 is 14.0. The summed E-state index contributed by atoms with van der Waals surface area (Å²) in [5.41, 5.74) is 25.0. The van der Waals surface area contributed by atoms with Crippen molar-refractivity contribution in [1.29, 1.82) is 0 Å². The molecule has 0 spiro atoms. The quantitative estimate of drug-likeness (QED) is 0.119. The van der Waals surface area contributed by atoms with Gasteiger partial charge in [-0.1, -0.05) is 170 Å². The number of rotatable bonds is 12. The molecule has 0 unspecified atom stereocenters. The van der Waals surface area contributed by atoms with Gasteiger partial charge in [-0.25, -0.2) is 24.9 Å². The highest BCUT2D eigenvalue weighted by Gasteiger charge is 2.27. The van der Waals surface area contributed by atoms with Crippen molar-refractivity contribution in [2.45, 2.75) is 0 Å². The second-order valence-electron chi connectivity index (χ2n) is 30.4. The van der Waals surface area contributed by atoms with Crippen LogP contribution in [0.15, 0.2) is 371 Å². The SMILES string of the molecule is c1ccc(-c2ccccc2-c2ccc3sc4c(-c5ccc6c(c5)c5c(-c7cccc8sc9c(-c%10cccc%11c%10sc%10c(-c%12cccc(-c%13cccc(-c%14ccc%15c(c%14)c%14ccccc%14n%15-c%14ccccn%14)n%13)n%12)cccc%10%11)cccc9c78)nccc5n6-c5ccccn5)cc(-c5ccc6c(c5)c5cnccc5n6-c5ccccn5)cc4c3c2)nc1. The number of thiophene rings is 3. The molecule has 0 fully saturated rings. The number of pyridine rings is 8. The second kappa shape index (κ2) is 27.1. The molecule has 14 aromatic heterocycles. The van der Waals surface area contributed by atoms with E-state index in [0.717, 1.165) is 167 Å². The van der Waals surface area contributed by atoms with E-state index in [-0.39, 0.29) is 0 Å². The summed E-state index contributed by atoms with van der Waals surface area (Å²) in [6.07, 6.45) is 13.3. The zero-order valence-corrected chi connectivity index (χ0v) is 66.3. The predicted molar refractivity (Wildman–Crippen MR) is 499 cm³/mol. The third kappa shape index (κ3) is 10.7. The van der Waals surface area contributed by atoms with E-state index >= 15 is 0 Å². The van der Waals surface area contributed by atoms with Crippen LogP contribution in [-0.2, 0) is 0 Å². The number of benzene rings is 11. The maximum atomic E-state index is 5.53. The summed E-state index contributed by atoms with van der Waals surface area (Å²) in [7, 11) is 0. The van der Waals surface area contributed by atoms with Crippen LogP contribution in [0.3, 0.4) is 0 Å². The number of fused-ring (bicyclic) bond motifs is 18. The van der Waals surface area contributed by atoms with E-state index < -0.39 is 0 Å². The van der Waals surface area contributed by atoms with Crippen molar-refractivity contribution in [3.05, 3.63) is 371 Å². The van der Waals surface area contributed by atoms with E-state index in [1.165, 1.54) is 77.0 Å². The van der Waals surface area contributed by atoms with Crippen LogP contribution < -0.4 is 0 Å². The summed E-state index contributed by atoms with van der Waals surface area (Å²) in [5, 5.41) is 13.8. The Bertz CT molecular complexity index is 8560. The van der Waals surface area contributed by atoms with Crippen molar-refractivity contribution in [3.63, 3.8) is 0 Å². The van der Waals surface area contributed by atoms with Crippen molar-refractivity contribution < 1.29 is 0 Å². The van der Waals surface area contributed by atoms with Crippen LogP contribution in [-0.4, -0.2) is 53.6 Å². The molecular weight excluding hydrogens is 1520 g/mol. The molecule has 14 heteroatoms. The molecule has 11 nitrogen and oxygen atoms in total. The third-order valence-corrected chi connectivity index (χ3v) is 27.6. The average Bonchev–Trinajstić information content (AvgIpc) is 1.56. The van der Waals surface area contributed by atoms with Gasteiger partial charge in [0.2, 0.25) is 0 Å². The lowest BCUT2D eigenvalue weighted by Gasteiger charge is -2.12. The number of nitrogens with zero attached hydrogens (tertiary/aromatic N) is 11. The van der Waals surface area contributed by atoms with E-state index in [1.807, 2.05) is 114 Å². The van der Waals surface area contributed by atoms with Gasteiger partial charge >= 0.3 is 0 Å². The minimum atomic E-state index is 0.808. The Morgan fingerprint density at radius 2 is 0.692 bits per heavy atom. The van der Waals surface area contributed by atoms with Gasteiger partial charge < -0.3 is 0 Å². The van der Waals surface area contributed by atoms with E-state index in [4.69, 9.17) is 34.9 Å². The van der Waals surface area contributed by atoms with Crippen LogP contribution >= 0.6 is 34.0 Å². The third-order valence-electron chi connectivity index (χ3n) is 23.9. The molecule has 0 amide bonds. The second-order valence-corrected chi connectivity index (χ2v) is 33.6. The van der Waals surface area contributed by atoms with E-state index in [9.17, 15) is 0 Å². The maximum Gasteiger partial charge on any atom is 0.137 e. The Morgan fingerprint density at radius 3 is 1.43 bits per heavy atom. The van der Waals surface area contributed by atoms with E-state index in [0.29, 0.717) is 0 Å². The Hall–Kier alpha value is -15.3. The Balaban J connectivity index is 0.624. The van der Waals surface area contributed by atoms with Crippen LogP contribution in [0.5, 0.6) is 0 Å². The highest BCUT2D eigenvalue weighted by atomic mass is 32.1. The number of para-hydroxylation sites is 1. The molecule has 0 atom stereocenters. The fourth-order valence-electron chi connectivity index (χ4n) is 18.6. The van der Waals surface area contributed by atoms with Gasteiger partial charge in [0, 0.05) is 175 Å². The Labute approximate surface area is 697 Å². The largest absolute Gasteiger partial charge is 0.294 e. The molecule has 0 N–H and O–H groups in total. The summed E-state index contributed by atoms with van der Waals surface area (Å²) >= 11 is 5.55. The molecule has 14 heterocycles. The maximum absolute atomic E-state index is 5.53. The highest BCUT2D eigenvalue weighted by Crippen LogP contribution is 2.52. The van der Waals surface area contributed by atoms with Crippen molar-refractivity contribution >= 4 is 160 Å². The molecular formula is C106H61N11S3. The van der Waals surface area contributed by atoms with Crippen LogP contribution in [0, 0.1) is 0 Å². The van der Waals surface area contributed by atoms with Crippen LogP contribution in [0.1, 0.15) is 0 Å². The Kier molecular flexibility index (Phi) is 15.4. The number of hydrogen-bond donors (Lipinski definition) is 0. The van der Waals surface area contributed by atoms with Gasteiger partial charge in [-0.05, 0) is 186 Å². The lowest BCUT2D eigenvalue weighted by Crippen LogP contribution is -1.96. The smallest absolute Gasteiger partial charge is 0.137 e. The van der Waals surface area contributed by atoms with Crippen LogP contribution in [0.2, 0.25) is 0 Å². The molecule has 0 radical (unpaired) electrons. The van der Waals surface area contributed by atoms with E-state index in [2.05, 4.69) is 310 Å². The zero-order valence-electron chi connectivity index (χ0n) is 63.9. The summed E-state index contributed by atoms with van der Waals surface area (Å²) in [6.45, 7) is 0. The molecule has 11 aromatic carbocycles. The zero-order chi connectivity index (χ0) is 78.6. The van der Waals surface area contributed by atoms with Crippen molar-refractivity contribution in [1.82, 2.24) is 53.6 Å². The first-order valence-corrected chi connectivity index (χ1v) is 42.4. The van der Waals surface area contributed by atoms with Gasteiger partial charge in [-0.3, -0.25) is 28.7 Å². The average molecular weight is 1580 g/mol. The molecule has 0 aliphatic heterocycles. The summed E-state index contributed by atoms with van der Waals surface area (Å²) in [5.74, 6) is 2.57. The van der Waals surface area contributed by atoms with Gasteiger partial charge in [-0.15, -0.1) is 34.0 Å². The van der Waals surface area contributed by atoms with Gasteiger partial charge in [0.1, 0.15) is 17.5 Å². The first kappa shape index (κ1) is 68.0. The van der Waals surface area contributed by atoms with Crippen molar-refractivity contribution in [2.75, 3.05) is 0 Å². The first-order chi connectivity index (χ1) is 59.5. The lowest BCUT2D eigenvalue weighted by atomic mass is 9.93. The van der Waals surface area contributed by atoms with Gasteiger partial charge in [0.25, 0.3) is 0 Å². The number of aromatic nitrogens is 11. The molecule has 0 aliphatic rings. The Morgan fingerprint density at radius 1 is 0.208 bits per heavy atom. The molecule has 0 saturated carbocycles. The molecule has 25 aromatic rings.